The molecular weight excluding hydrogens is 240 g/mol. The molecule has 108 valence electrons. The van der Waals surface area contributed by atoms with Gasteiger partial charge in [0, 0.05) is 6.54 Å². The quantitative estimate of drug-likeness (QED) is 0.846. The summed E-state index contributed by atoms with van der Waals surface area (Å²) >= 11 is 0. The molecular formula is C15H26N2O2. The molecule has 2 fully saturated rings. The number of amides is 2. The van der Waals surface area contributed by atoms with Gasteiger partial charge in [-0.05, 0) is 31.1 Å². The van der Waals surface area contributed by atoms with Crippen LogP contribution < -0.4 is 5.32 Å². The van der Waals surface area contributed by atoms with Crippen molar-refractivity contribution in [2.45, 2.75) is 59.0 Å². The van der Waals surface area contributed by atoms with Gasteiger partial charge in [-0.2, -0.15) is 0 Å². The lowest BCUT2D eigenvalue weighted by molar-refractivity contribution is -0.151. The molecule has 4 heteroatoms. The van der Waals surface area contributed by atoms with Gasteiger partial charge in [0.05, 0.1) is 0 Å². The molecule has 0 aromatic heterocycles. The summed E-state index contributed by atoms with van der Waals surface area (Å²) < 4.78 is 0. The third-order valence-corrected chi connectivity index (χ3v) is 4.72. The van der Waals surface area contributed by atoms with Crippen molar-refractivity contribution in [2.24, 2.45) is 17.8 Å². The average molecular weight is 266 g/mol. The normalized spacial score (nSPS) is 35.9. The predicted octanol–water partition coefficient (Wildman–Crippen LogP) is 1.79. The second-order valence-electron chi connectivity index (χ2n) is 6.58. The summed E-state index contributed by atoms with van der Waals surface area (Å²) in [7, 11) is 0. The second kappa shape index (κ2) is 5.51. The van der Waals surface area contributed by atoms with E-state index in [2.05, 4.69) is 12.2 Å². The Balaban J connectivity index is 2.16. The topological polar surface area (TPSA) is 49.4 Å². The van der Waals surface area contributed by atoms with Crippen molar-refractivity contribution in [3.8, 4) is 0 Å². The van der Waals surface area contributed by atoms with Gasteiger partial charge in [0.2, 0.25) is 11.8 Å². The molecule has 4 atom stereocenters. The van der Waals surface area contributed by atoms with E-state index < -0.39 is 0 Å². The maximum Gasteiger partial charge on any atom is 0.245 e. The van der Waals surface area contributed by atoms with Crippen molar-refractivity contribution in [1.29, 1.82) is 0 Å². The van der Waals surface area contributed by atoms with Gasteiger partial charge in [0.1, 0.15) is 12.1 Å². The van der Waals surface area contributed by atoms with Crippen molar-refractivity contribution in [2.75, 3.05) is 6.54 Å². The highest BCUT2D eigenvalue weighted by molar-refractivity contribution is 5.96. The number of hydrogen-bond acceptors (Lipinski definition) is 2. The van der Waals surface area contributed by atoms with Gasteiger partial charge in [0.25, 0.3) is 0 Å². The van der Waals surface area contributed by atoms with Crippen LogP contribution in [0, 0.1) is 17.8 Å². The van der Waals surface area contributed by atoms with E-state index in [0.717, 1.165) is 6.54 Å². The molecule has 0 aromatic rings. The van der Waals surface area contributed by atoms with Crippen LogP contribution in [0.25, 0.3) is 0 Å². The Bertz CT molecular complexity index is 367. The van der Waals surface area contributed by atoms with E-state index in [4.69, 9.17) is 0 Å². The Kier molecular flexibility index (Phi) is 4.16. The highest BCUT2D eigenvalue weighted by Gasteiger charge is 2.41. The summed E-state index contributed by atoms with van der Waals surface area (Å²) in [5.41, 5.74) is 0. The first kappa shape index (κ1) is 14.4. The largest absolute Gasteiger partial charge is 0.343 e. The van der Waals surface area contributed by atoms with E-state index in [-0.39, 0.29) is 29.8 Å². The molecule has 2 rings (SSSR count). The molecule has 0 radical (unpaired) electrons. The third-order valence-electron chi connectivity index (χ3n) is 4.72. The van der Waals surface area contributed by atoms with Crippen molar-refractivity contribution >= 4 is 11.8 Å². The third kappa shape index (κ3) is 2.77. The van der Waals surface area contributed by atoms with Crippen LogP contribution in [-0.2, 0) is 9.59 Å². The van der Waals surface area contributed by atoms with Gasteiger partial charge >= 0.3 is 0 Å². The van der Waals surface area contributed by atoms with Crippen molar-refractivity contribution in [1.82, 2.24) is 10.2 Å². The van der Waals surface area contributed by atoms with Crippen LogP contribution in [0.4, 0.5) is 0 Å². The zero-order valence-electron chi connectivity index (χ0n) is 12.5. The van der Waals surface area contributed by atoms with Crippen molar-refractivity contribution in [3.05, 3.63) is 0 Å². The molecule has 2 amide bonds. The monoisotopic (exact) mass is 266 g/mol. The number of carbonyl (C=O) groups excluding carboxylic acids is 2. The zero-order valence-corrected chi connectivity index (χ0v) is 12.5. The summed E-state index contributed by atoms with van der Waals surface area (Å²) in [4.78, 5) is 26.4. The van der Waals surface area contributed by atoms with Gasteiger partial charge in [-0.3, -0.25) is 9.59 Å². The molecule has 1 saturated heterocycles. The van der Waals surface area contributed by atoms with Crippen molar-refractivity contribution < 1.29 is 9.59 Å². The van der Waals surface area contributed by atoms with Gasteiger partial charge in [-0.15, -0.1) is 0 Å². The van der Waals surface area contributed by atoms with Crippen LogP contribution in [0.2, 0.25) is 0 Å². The summed E-state index contributed by atoms with van der Waals surface area (Å²) in [6.07, 6.45) is 3.69. The fourth-order valence-corrected chi connectivity index (χ4v) is 3.50. The van der Waals surface area contributed by atoms with E-state index in [9.17, 15) is 9.59 Å². The lowest BCUT2D eigenvalue weighted by Gasteiger charge is -2.41. The standard InChI is InChI=1S/C15H26N2O2/c1-9(2)13-14(18)16-11(4)15(19)17(13)8-12-7-5-6-10(12)3/h9-13H,5-8H2,1-4H3,(H,16,18). The Morgan fingerprint density at radius 1 is 1.26 bits per heavy atom. The molecule has 1 saturated carbocycles. The van der Waals surface area contributed by atoms with Crippen LogP contribution in [0.5, 0.6) is 0 Å². The molecule has 2 aliphatic rings. The van der Waals surface area contributed by atoms with E-state index in [1.165, 1.54) is 19.3 Å². The second-order valence-corrected chi connectivity index (χ2v) is 6.58. The number of rotatable bonds is 3. The first-order valence-electron chi connectivity index (χ1n) is 7.52. The summed E-state index contributed by atoms with van der Waals surface area (Å²) in [6, 6.07) is -0.671. The highest BCUT2D eigenvalue weighted by Crippen LogP contribution is 2.33. The first-order valence-corrected chi connectivity index (χ1v) is 7.52. The smallest absolute Gasteiger partial charge is 0.245 e. The fourth-order valence-electron chi connectivity index (χ4n) is 3.50. The Morgan fingerprint density at radius 2 is 1.95 bits per heavy atom. The first-order chi connectivity index (χ1) is 8.91. The molecule has 1 aliphatic carbocycles. The van der Waals surface area contributed by atoms with Gasteiger partial charge in [-0.1, -0.05) is 33.6 Å². The molecule has 1 heterocycles. The molecule has 0 spiro atoms. The van der Waals surface area contributed by atoms with Crippen LogP contribution in [0.15, 0.2) is 0 Å². The summed E-state index contributed by atoms with van der Waals surface area (Å²) in [6.45, 7) is 8.82. The average Bonchev–Trinajstić information content (AvgIpc) is 2.71. The molecule has 0 bridgehead atoms. The van der Waals surface area contributed by atoms with Gasteiger partial charge < -0.3 is 10.2 Å². The molecule has 0 aromatic carbocycles. The minimum absolute atomic E-state index is 0.00718. The SMILES string of the molecule is CC1NC(=O)C(C(C)C)N(CC2CCCC2C)C1=O. The number of nitrogens with zero attached hydrogens (tertiary/aromatic N) is 1. The molecule has 4 nitrogen and oxygen atoms in total. The highest BCUT2D eigenvalue weighted by atomic mass is 16.2. The number of piperazine rings is 1. The van der Waals surface area contributed by atoms with Crippen LogP contribution in [0.1, 0.15) is 47.0 Å². The minimum atomic E-state index is -0.376. The Labute approximate surface area is 115 Å². The van der Waals surface area contributed by atoms with E-state index in [0.29, 0.717) is 11.8 Å². The van der Waals surface area contributed by atoms with E-state index >= 15 is 0 Å². The fraction of sp³-hybridized carbons (Fsp3) is 0.867. The molecule has 4 unspecified atom stereocenters. The maximum atomic E-state index is 12.4. The van der Waals surface area contributed by atoms with Gasteiger partial charge in [-0.25, -0.2) is 0 Å². The predicted molar refractivity (Wildman–Crippen MR) is 74.4 cm³/mol. The van der Waals surface area contributed by atoms with Crippen molar-refractivity contribution in [3.63, 3.8) is 0 Å². The van der Waals surface area contributed by atoms with Gasteiger partial charge in [0.15, 0.2) is 0 Å². The maximum absolute atomic E-state index is 12.4. The summed E-state index contributed by atoms with van der Waals surface area (Å²) in [5.74, 6) is 1.47. The van der Waals surface area contributed by atoms with Crippen LogP contribution in [0.3, 0.4) is 0 Å². The summed E-state index contributed by atoms with van der Waals surface area (Å²) in [5, 5.41) is 2.80. The number of carbonyl (C=O) groups is 2. The van der Waals surface area contributed by atoms with E-state index in [1.54, 1.807) is 6.92 Å². The van der Waals surface area contributed by atoms with E-state index in [1.807, 2.05) is 18.7 Å². The number of nitrogens with one attached hydrogen (secondary N) is 1. The molecule has 1 N–H and O–H groups in total. The zero-order chi connectivity index (χ0) is 14.2. The lowest BCUT2D eigenvalue weighted by atomic mass is 9.92. The molecule has 1 aliphatic heterocycles. The minimum Gasteiger partial charge on any atom is -0.343 e. The Morgan fingerprint density at radius 3 is 2.47 bits per heavy atom. The Hall–Kier alpha value is -1.06. The van der Waals surface area contributed by atoms with Crippen LogP contribution in [-0.4, -0.2) is 35.3 Å². The van der Waals surface area contributed by atoms with Crippen LogP contribution >= 0.6 is 0 Å². The lowest BCUT2D eigenvalue weighted by Crippen LogP contribution is -2.64. The number of hydrogen-bond donors (Lipinski definition) is 1. The molecule has 19 heavy (non-hydrogen) atoms.